The van der Waals surface area contributed by atoms with Crippen molar-refractivity contribution in [3.05, 3.63) is 58.6 Å². The van der Waals surface area contributed by atoms with Crippen LogP contribution in [0.25, 0.3) is 0 Å². The van der Waals surface area contributed by atoms with Gasteiger partial charge in [0.1, 0.15) is 5.41 Å². The zero-order valence-corrected chi connectivity index (χ0v) is 15.6. The Balaban J connectivity index is 2.22. The molecule has 0 saturated heterocycles. The zero-order valence-electron chi connectivity index (χ0n) is 14.9. The van der Waals surface area contributed by atoms with Crippen molar-refractivity contribution in [2.24, 2.45) is 5.41 Å². The van der Waals surface area contributed by atoms with E-state index in [4.69, 9.17) is 11.6 Å². The predicted octanol–water partition coefficient (Wildman–Crippen LogP) is 5.27. The number of hydrogen-bond acceptors (Lipinski definition) is 2. The predicted molar refractivity (Wildman–Crippen MR) is 98.7 cm³/mol. The first-order chi connectivity index (χ1) is 12.4. The lowest BCUT2D eigenvalue weighted by Gasteiger charge is -2.24. The van der Waals surface area contributed by atoms with E-state index in [-0.39, 0.29) is 5.02 Å². The summed E-state index contributed by atoms with van der Waals surface area (Å²) in [6, 6.07) is 9.95. The van der Waals surface area contributed by atoms with Crippen molar-refractivity contribution in [1.82, 2.24) is 0 Å². The highest BCUT2D eigenvalue weighted by molar-refractivity contribution is 6.30. The molecule has 2 aromatic rings. The third kappa shape index (κ3) is 5.01. The van der Waals surface area contributed by atoms with E-state index in [1.54, 1.807) is 18.2 Å². The summed E-state index contributed by atoms with van der Waals surface area (Å²) in [5.41, 5.74) is -1.77. The molecule has 2 amide bonds. The summed E-state index contributed by atoms with van der Waals surface area (Å²) < 4.78 is 39.5. The van der Waals surface area contributed by atoms with Crippen LogP contribution in [0.15, 0.2) is 42.5 Å². The lowest BCUT2D eigenvalue weighted by molar-refractivity contribution is -0.137. The van der Waals surface area contributed by atoms with Crippen LogP contribution in [0.5, 0.6) is 0 Å². The molecule has 0 aliphatic heterocycles. The molecule has 0 spiro atoms. The minimum atomic E-state index is -4.71. The van der Waals surface area contributed by atoms with E-state index in [1.807, 2.05) is 13.0 Å². The largest absolute Gasteiger partial charge is 0.418 e. The Morgan fingerprint density at radius 1 is 0.963 bits per heavy atom. The van der Waals surface area contributed by atoms with Crippen LogP contribution >= 0.6 is 11.6 Å². The molecule has 0 heterocycles. The molecule has 0 saturated carbocycles. The zero-order chi connectivity index (χ0) is 20.4. The molecule has 0 aromatic heterocycles. The molecule has 0 radical (unpaired) electrons. The van der Waals surface area contributed by atoms with Gasteiger partial charge >= 0.3 is 6.18 Å². The first-order valence-electron chi connectivity index (χ1n) is 7.97. The summed E-state index contributed by atoms with van der Waals surface area (Å²) in [5.74, 6) is -1.52. The number of benzene rings is 2. The Morgan fingerprint density at radius 2 is 1.59 bits per heavy atom. The molecular weight excluding hydrogens is 381 g/mol. The van der Waals surface area contributed by atoms with E-state index in [9.17, 15) is 22.8 Å². The molecule has 2 N–H and O–H groups in total. The van der Waals surface area contributed by atoms with Crippen molar-refractivity contribution in [3.63, 3.8) is 0 Å². The first kappa shape index (κ1) is 20.8. The summed E-state index contributed by atoms with van der Waals surface area (Å²) in [6.45, 7) is 4.50. The Hall–Kier alpha value is -2.54. The average Bonchev–Trinajstić information content (AvgIpc) is 2.55. The van der Waals surface area contributed by atoms with Crippen LogP contribution in [-0.4, -0.2) is 11.8 Å². The summed E-state index contributed by atoms with van der Waals surface area (Å²) in [5, 5.41) is 4.67. The van der Waals surface area contributed by atoms with E-state index < -0.39 is 34.7 Å². The quantitative estimate of drug-likeness (QED) is 0.689. The molecule has 2 rings (SSSR count). The Morgan fingerprint density at radius 3 is 2.19 bits per heavy atom. The third-order valence-corrected chi connectivity index (χ3v) is 4.18. The number of halogens is 4. The van der Waals surface area contributed by atoms with Gasteiger partial charge in [0.2, 0.25) is 11.8 Å². The molecule has 0 aliphatic rings. The fourth-order valence-electron chi connectivity index (χ4n) is 2.25. The van der Waals surface area contributed by atoms with Gasteiger partial charge in [-0.25, -0.2) is 0 Å². The first-order valence-corrected chi connectivity index (χ1v) is 8.35. The smallest absolute Gasteiger partial charge is 0.325 e. The van der Waals surface area contributed by atoms with Gasteiger partial charge in [0.25, 0.3) is 0 Å². The maximum absolute atomic E-state index is 13.2. The van der Waals surface area contributed by atoms with Crippen LogP contribution < -0.4 is 10.6 Å². The van der Waals surface area contributed by atoms with Gasteiger partial charge in [0, 0.05) is 10.7 Å². The fourth-order valence-corrected chi connectivity index (χ4v) is 2.42. The van der Waals surface area contributed by atoms with Crippen LogP contribution in [0.2, 0.25) is 5.02 Å². The van der Waals surface area contributed by atoms with Crippen LogP contribution in [0.4, 0.5) is 24.5 Å². The second-order valence-electron chi connectivity index (χ2n) is 6.59. The van der Waals surface area contributed by atoms with Crippen molar-refractivity contribution in [3.8, 4) is 0 Å². The highest BCUT2D eigenvalue weighted by Crippen LogP contribution is 2.37. The standard InChI is InChI=1S/C19H18ClF3N2O2/c1-11-5-4-6-13(9-11)24-16(26)18(2,3)17(27)25-15-8-7-12(20)10-14(15)19(21,22)23/h4-10H,1-3H3,(H,24,26)(H,25,27). The summed E-state index contributed by atoms with van der Waals surface area (Å²) in [6.07, 6.45) is -4.71. The maximum Gasteiger partial charge on any atom is 0.418 e. The van der Waals surface area contributed by atoms with E-state index >= 15 is 0 Å². The van der Waals surface area contributed by atoms with Gasteiger partial charge in [-0.3, -0.25) is 9.59 Å². The van der Waals surface area contributed by atoms with Crippen molar-refractivity contribution in [1.29, 1.82) is 0 Å². The number of carbonyl (C=O) groups excluding carboxylic acids is 2. The molecule has 2 aromatic carbocycles. The second kappa shape index (κ2) is 7.60. The van der Waals surface area contributed by atoms with Crippen LogP contribution in [0.3, 0.4) is 0 Å². The van der Waals surface area contributed by atoms with Gasteiger partial charge in [0.05, 0.1) is 11.3 Å². The van der Waals surface area contributed by atoms with Crippen LogP contribution in [0.1, 0.15) is 25.0 Å². The van der Waals surface area contributed by atoms with Crippen molar-refractivity contribution >= 4 is 34.8 Å². The van der Waals surface area contributed by atoms with Crippen molar-refractivity contribution < 1.29 is 22.8 Å². The molecule has 144 valence electrons. The normalized spacial score (nSPS) is 11.8. The number of amides is 2. The van der Waals surface area contributed by atoms with Crippen LogP contribution in [0, 0.1) is 12.3 Å². The number of alkyl halides is 3. The number of rotatable bonds is 4. The summed E-state index contributed by atoms with van der Waals surface area (Å²) in [4.78, 5) is 25.0. The lowest BCUT2D eigenvalue weighted by Crippen LogP contribution is -2.41. The SMILES string of the molecule is Cc1cccc(NC(=O)C(C)(C)C(=O)Nc2ccc(Cl)cc2C(F)(F)F)c1. The van der Waals surface area contributed by atoms with Gasteiger partial charge in [-0.15, -0.1) is 0 Å². The van der Waals surface area contributed by atoms with Gasteiger partial charge in [-0.1, -0.05) is 23.7 Å². The van der Waals surface area contributed by atoms with Gasteiger partial charge in [-0.05, 0) is 56.7 Å². The number of aryl methyl sites for hydroxylation is 1. The van der Waals surface area contributed by atoms with Crippen molar-refractivity contribution in [2.75, 3.05) is 10.6 Å². The number of hydrogen-bond donors (Lipinski definition) is 2. The van der Waals surface area contributed by atoms with E-state index in [2.05, 4.69) is 10.6 Å². The molecule has 0 atom stereocenters. The minimum absolute atomic E-state index is 0.114. The Bertz CT molecular complexity index is 879. The Labute approximate surface area is 159 Å². The summed E-state index contributed by atoms with van der Waals surface area (Å²) >= 11 is 5.63. The van der Waals surface area contributed by atoms with Gasteiger partial charge in [-0.2, -0.15) is 13.2 Å². The summed E-state index contributed by atoms with van der Waals surface area (Å²) in [7, 11) is 0. The molecule has 0 unspecified atom stereocenters. The topological polar surface area (TPSA) is 58.2 Å². The number of anilines is 2. The number of nitrogens with one attached hydrogen (secondary N) is 2. The molecular formula is C19H18ClF3N2O2. The second-order valence-corrected chi connectivity index (χ2v) is 7.03. The maximum atomic E-state index is 13.2. The lowest BCUT2D eigenvalue weighted by atomic mass is 9.90. The highest BCUT2D eigenvalue weighted by atomic mass is 35.5. The molecule has 0 aliphatic carbocycles. The van der Waals surface area contributed by atoms with E-state index in [0.29, 0.717) is 5.69 Å². The van der Waals surface area contributed by atoms with E-state index in [1.165, 1.54) is 19.9 Å². The highest BCUT2D eigenvalue weighted by Gasteiger charge is 2.39. The van der Waals surface area contributed by atoms with Crippen LogP contribution in [-0.2, 0) is 15.8 Å². The third-order valence-electron chi connectivity index (χ3n) is 3.95. The van der Waals surface area contributed by atoms with Crippen molar-refractivity contribution in [2.45, 2.75) is 26.9 Å². The molecule has 27 heavy (non-hydrogen) atoms. The molecule has 8 heteroatoms. The molecule has 0 bridgehead atoms. The monoisotopic (exact) mass is 398 g/mol. The Kier molecular flexibility index (Phi) is 5.85. The van der Waals surface area contributed by atoms with Gasteiger partial charge in [0.15, 0.2) is 0 Å². The number of carbonyl (C=O) groups is 2. The van der Waals surface area contributed by atoms with E-state index in [0.717, 1.165) is 17.7 Å². The van der Waals surface area contributed by atoms with Gasteiger partial charge < -0.3 is 10.6 Å². The molecule has 4 nitrogen and oxygen atoms in total. The molecule has 0 fully saturated rings. The average molecular weight is 399 g/mol. The minimum Gasteiger partial charge on any atom is -0.325 e. The fraction of sp³-hybridized carbons (Fsp3) is 0.263.